The van der Waals surface area contributed by atoms with E-state index in [4.69, 9.17) is 4.74 Å². The molecule has 4 rings (SSSR count). The summed E-state index contributed by atoms with van der Waals surface area (Å²) in [6, 6.07) is 2.54. The van der Waals surface area contributed by atoms with Crippen LogP contribution in [0.2, 0.25) is 0 Å². The third-order valence-corrected chi connectivity index (χ3v) is 5.80. The first kappa shape index (κ1) is 12.8. The summed E-state index contributed by atoms with van der Waals surface area (Å²) in [5.74, 6) is 0.227. The summed E-state index contributed by atoms with van der Waals surface area (Å²) in [4.78, 5) is 15.7. The highest BCUT2D eigenvalue weighted by Gasteiger charge is 2.40. The van der Waals surface area contributed by atoms with Gasteiger partial charge in [-0.2, -0.15) is 0 Å². The second kappa shape index (κ2) is 5.13. The molecule has 4 heterocycles. The third-order valence-electron chi connectivity index (χ3n) is 4.78. The van der Waals surface area contributed by atoms with Crippen LogP contribution in [0.4, 0.5) is 0 Å². The second-order valence-corrected chi connectivity index (χ2v) is 7.03. The molecule has 3 aliphatic rings. The SMILES string of the molecule is O=C(CNC1CC2CCC1O2)N1CCc2sccc2C1. The predicted molar refractivity (Wildman–Crippen MR) is 77.7 cm³/mol. The van der Waals surface area contributed by atoms with E-state index in [-0.39, 0.29) is 5.91 Å². The number of thiophene rings is 1. The average Bonchev–Trinajstić information content (AvgIpc) is 3.19. The highest BCUT2D eigenvalue weighted by atomic mass is 32.1. The van der Waals surface area contributed by atoms with Crippen molar-refractivity contribution in [2.45, 2.75) is 50.5 Å². The van der Waals surface area contributed by atoms with Crippen LogP contribution in [0.15, 0.2) is 11.4 Å². The molecule has 5 heteroatoms. The van der Waals surface area contributed by atoms with Crippen molar-refractivity contribution in [1.29, 1.82) is 0 Å². The maximum atomic E-state index is 12.3. The molecule has 3 aliphatic heterocycles. The maximum absolute atomic E-state index is 12.3. The van der Waals surface area contributed by atoms with Gasteiger partial charge in [0.25, 0.3) is 0 Å². The van der Waals surface area contributed by atoms with Crippen molar-refractivity contribution < 1.29 is 9.53 Å². The van der Waals surface area contributed by atoms with E-state index in [0.29, 0.717) is 24.8 Å². The molecule has 2 saturated heterocycles. The minimum atomic E-state index is 0.227. The molecule has 20 heavy (non-hydrogen) atoms. The lowest BCUT2D eigenvalue weighted by molar-refractivity contribution is -0.131. The fourth-order valence-electron chi connectivity index (χ4n) is 3.64. The summed E-state index contributed by atoms with van der Waals surface area (Å²) in [6.45, 7) is 2.10. The van der Waals surface area contributed by atoms with E-state index >= 15 is 0 Å². The predicted octanol–water partition coefficient (Wildman–Crippen LogP) is 1.54. The standard InChI is InChI=1S/C15H20N2O2S/c18-15(8-16-12-7-11-1-2-13(12)19-11)17-5-3-14-10(9-17)4-6-20-14/h4,6,11-13,16H,1-3,5,7-9H2. The minimum absolute atomic E-state index is 0.227. The van der Waals surface area contributed by atoms with Gasteiger partial charge >= 0.3 is 0 Å². The van der Waals surface area contributed by atoms with E-state index in [0.717, 1.165) is 32.4 Å². The first-order valence-corrected chi connectivity index (χ1v) is 8.39. The maximum Gasteiger partial charge on any atom is 0.236 e. The number of nitrogens with zero attached hydrogens (tertiary/aromatic N) is 1. The van der Waals surface area contributed by atoms with Crippen molar-refractivity contribution in [1.82, 2.24) is 10.2 Å². The third kappa shape index (κ3) is 2.28. The Morgan fingerprint density at radius 1 is 1.50 bits per heavy atom. The molecule has 2 bridgehead atoms. The lowest BCUT2D eigenvalue weighted by Crippen LogP contribution is -2.46. The quantitative estimate of drug-likeness (QED) is 0.919. The normalized spacial score (nSPS) is 31.6. The summed E-state index contributed by atoms with van der Waals surface area (Å²) in [7, 11) is 0. The summed E-state index contributed by atoms with van der Waals surface area (Å²) >= 11 is 1.81. The van der Waals surface area contributed by atoms with Gasteiger partial charge in [-0.3, -0.25) is 4.79 Å². The monoisotopic (exact) mass is 292 g/mol. The van der Waals surface area contributed by atoms with E-state index < -0.39 is 0 Å². The molecule has 1 N–H and O–H groups in total. The van der Waals surface area contributed by atoms with E-state index in [1.165, 1.54) is 16.9 Å². The van der Waals surface area contributed by atoms with Crippen LogP contribution >= 0.6 is 11.3 Å². The van der Waals surface area contributed by atoms with Crippen LogP contribution < -0.4 is 5.32 Å². The highest BCUT2D eigenvalue weighted by molar-refractivity contribution is 7.10. The van der Waals surface area contributed by atoms with Crippen LogP contribution in [0, 0.1) is 0 Å². The number of amides is 1. The molecule has 0 aromatic carbocycles. The van der Waals surface area contributed by atoms with E-state index in [2.05, 4.69) is 16.8 Å². The summed E-state index contributed by atoms with van der Waals surface area (Å²) < 4.78 is 5.81. The van der Waals surface area contributed by atoms with E-state index in [9.17, 15) is 4.79 Å². The smallest absolute Gasteiger partial charge is 0.236 e. The number of fused-ring (bicyclic) bond motifs is 3. The Morgan fingerprint density at radius 2 is 2.45 bits per heavy atom. The van der Waals surface area contributed by atoms with Gasteiger partial charge in [-0.05, 0) is 42.7 Å². The van der Waals surface area contributed by atoms with Gasteiger partial charge in [0.2, 0.25) is 5.91 Å². The summed E-state index contributed by atoms with van der Waals surface area (Å²) in [5.41, 5.74) is 1.33. The van der Waals surface area contributed by atoms with Crippen molar-refractivity contribution in [3.8, 4) is 0 Å². The molecule has 108 valence electrons. The summed E-state index contributed by atoms with van der Waals surface area (Å²) in [6.07, 6.45) is 5.22. The van der Waals surface area contributed by atoms with E-state index in [1.807, 2.05) is 16.2 Å². The fraction of sp³-hybridized carbons (Fsp3) is 0.667. The van der Waals surface area contributed by atoms with Crippen molar-refractivity contribution in [2.24, 2.45) is 0 Å². The van der Waals surface area contributed by atoms with Gasteiger partial charge in [0, 0.05) is 24.0 Å². The van der Waals surface area contributed by atoms with Crippen molar-refractivity contribution in [3.05, 3.63) is 21.9 Å². The number of carbonyl (C=O) groups excluding carboxylic acids is 1. The number of nitrogens with one attached hydrogen (secondary N) is 1. The number of hydrogen-bond donors (Lipinski definition) is 1. The fourth-order valence-corrected chi connectivity index (χ4v) is 4.53. The van der Waals surface area contributed by atoms with Crippen LogP contribution in [-0.4, -0.2) is 42.1 Å². The molecule has 0 radical (unpaired) electrons. The number of carbonyl (C=O) groups is 1. The van der Waals surface area contributed by atoms with Gasteiger partial charge in [0.1, 0.15) is 0 Å². The molecule has 1 amide bonds. The average molecular weight is 292 g/mol. The molecule has 3 atom stereocenters. The molecule has 1 aromatic heterocycles. The molecule has 4 nitrogen and oxygen atoms in total. The molecule has 0 aliphatic carbocycles. The van der Waals surface area contributed by atoms with Gasteiger partial charge in [0.15, 0.2) is 0 Å². The van der Waals surface area contributed by atoms with Gasteiger partial charge in [0.05, 0.1) is 18.8 Å². The van der Waals surface area contributed by atoms with Crippen molar-refractivity contribution in [3.63, 3.8) is 0 Å². The van der Waals surface area contributed by atoms with Gasteiger partial charge in [-0.15, -0.1) is 11.3 Å². The molecule has 0 spiro atoms. The topological polar surface area (TPSA) is 41.6 Å². The summed E-state index contributed by atoms with van der Waals surface area (Å²) in [5, 5.41) is 5.54. The molecular weight excluding hydrogens is 272 g/mol. The second-order valence-electron chi connectivity index (χ2n) is 6.03. The van der Waals surface area contributed by atoms with Crippen molar-refractivity contribution >= 4 is 17.2 Å². The van der Waals surface area contributed by atoms with Crippen LogP contribution in [0.5, 0.6) is 0 Å². The van der Waals surface area contributed by atoms with Crippen LogP contribution in [0.1, 0.15) is 29.7 Å². The highest BCUT2D eigenvalue weighted by Crippen LogP contribution is 2.34. The number of ether oxygens (including phenoxy) is 1. The Hall–Kier alpha value is -0.910. The number of rotatable bonds is 3. The van der Waals surface area contributed by atoms with Crippen LogP contribution in [-0.2, 0) is 22.5 Å². The number of hydrogen-bond acceptors (Lipinski definition) is 4. The van der Waals surface area contributed by atoms with Gasteiger partial charge in [-0.1, -0.05) is 0 Å². The van der Waals surface area contributed by atoms with Gasteiger partial charge in [-0.25, -0.2) is 0 Å². The van der Waals surface area contributed by atoms with E-state index in [1.54, 1.807) is 0 Å². The Balaban J connectivity index is 1.31. The van der Waals surface area contributed by atoms with Crippen LogP contribution in [0.3, 0.4) is 0 Å². The van der Waals surface area contributed by atoms with Gasteiger partial charge < -0.3 is 15.0 Å². The first-order valence-electron chi connectivity index (χ1n) is 7.51. The van der Waals surface area contributed by atoms with Crippen molar-refractivity contribution in [2.75, 3.05) is 13.1 Å². The molecule has 1 aromatic rings. The Kier molecular flexibility index (Phi) is 3.28. The lowest BCUT2D eigenvalue weighted by Gasteiger charge is -2.28. The Labute approximate surface area is 123 Å². The molecule has 3 unspecified atom stereocenters. The molecular formula is C15H20N2O2S. The van der Waals surface area contributed by atoms with Crippen LogP contribution in [0.25, 0.3) is 0 Å². The zero-order valence-corrected chi connectivity index (χ0v) is 12.3. The zero-order chi connectivity index (χ0) is 13.5. The lowest BCUT2D eigenvalue weighted by atomic mass is 9.95. The first-order chi connectivity index (χ1) is 9.79. The molecule has 2 fully saturated rings. The molecule has 0 saturated carbocycles. The Bertz CT molecular complexity index is 516. The Morgan fingerprint density at radius 3 is 3.25 bits per heavy atom. The minimum Gasteiger partial charge on any atom is -0.373 e. The zero-order valence-electron chi connectivity index (χ0n) is 11.5. The largest absolute Gasteiger partial charge is 0.373 e.